The summed E-state index contributed by atoms with van der Waals surface area (Å²) < 4.78 is 1.03. The van der Waals surface area contributed by atoms with Gasteiger partial charge in [-0.25, -0.2) is 4.98 Å². The molecule has 4 heteroatoms. The van der Waals surface area contributed by atoms with Crippen molar-refractivity contribution in [2.75, 3.05) is 0 Å². The number of benzene rings is 1. The maximum Gasteiger partial charge on any atom is 0.101 e. The van der Waals surface area contributed by atoms with Crippen LogP contribution in [-0.2, 0) is 0 Å². The fourth-order valence-corrected chi connectivity index (χ4v) is 2.61. The number of aromatic nitrogens is 1. The van der Waals surface area contributed by atoms with Crippen molar-refractivity contribution in [2.24, 2.45) is 0 Å². The second-order valence-electron chi connectivity index (χ2n) is 3.33. The molecular formula is C12H9BrClNS. The number of halogens is 2. The Hall–Kier alpha value is -0.510. The number of hydrogen-bond donors (Lipinski definition) is 0. The molecule has 0 spiro atoms. The van der Waals surface area contributed by atoms with E-state index in [0.29, 0.717) is 0 Å². The second kappa shape index (κ2) is 5.21. The average Bonchev–Trinajstić information content (AvgIpc) is 2.24. The Labute approximate surface area is 112 Å². The quantitative estimate of drug-likeness (QED) is 0.777. The summed E-state index contributed by atoms with van der Waals surface area (Å²) in [5.41, 5.74) is 1.18. The van der Waals surface area contributed by atoms with Crippen molar-refractivity contribution >= 4 is 39.3 Å². The molecule has 0 amide bonds. The van der Waals surface area contributed by atoms with Crippen molar-refractivity contribution < 1.29 is 0 Å². The maximum absolute atomic E-state index is 5.93. The Morgan fingerprint density at radius 3 is 2.81 bits per heavy atom. The normalized spacial score (nSPS) is 10.4. The first-order valence-corrected chi connectivity index (χ1v) is 6.69. The standard InChI is InChI=1S/C12H9BrClNS/c1-8-5-12(15-7-11(8)13)16-10-4-2-3-9(14)6-10/h2-7H,1H3. The van der Waals surface area contributed by atoms with E-state index in [2.05, 4.69) is 27.0 Å². The van der Waals surface area contributed by atoms with Gasteiger partial charge in [0.25, 0.3) is 0 Å². The van der Waals surface area contributed by atoms with Crippen molar-refractivity contribution in [3.8, 4) is 0 Å². The third-order valence-electron chi connectivity index (χ3n) is 2.04. The highest BCUT2D eigenvalue weighted by Gasteiger charge is 2.02. The van der Waals surface area contributed by atoms with E-state index in [4.69, 9.17) is 11.6 Å². The molecule has 0 atom stereocenters. The maximum atomic E-state index is 5.93. The Morgan fingerprint density at radius 1 is 1.31 bits per heavy atom. The molecule has 1 nitrogen and oxygen atoms in total. The minimum Gasteiger partial charge on any atom is -0.248 e. The summed E-state index contributed by atoms with van der Waals surface area (Å²) in [5, 5.41) is 1.72. The molecule has 0 saturated carbocycles. The molecule has 1 heterocycles. The number of aryl methyl sites for hydroxylation is 1. The van der Waals surface area contributed by atoms with Gasteiger partial charge in [0.05, 0.1) is 0 Å². The molecule has 0 radical (unpaired) electrons. The Bertz CT molecular complexity index is 516. The lowest BCUT2D eigenvalue weighted by Gasteiger charge is -2.03. The van der Waals surface area contributed by atoms with Gasteiger partial charge in [-0.15, -0.1) is 0 Å². The second-order valence-corrected chi connectivity index (χ2v) is 5.72. The van der Waals surface area contributed by atoms with Gasteiger partial charge >= 0.3 is 0 Å². The zero-order chi connectivity index (χ0) is 11.5. The van der Waals surface area contributed by atoms with Gasteiger partial charge < -0.3 is 0 Å². The van der Waals surface area contributed by atoms with E-state index in [9.17, 15) is 0 Å². The third-order valence-corrected chi connectivity index (χ3v) is 4.03. The molecule has 0 N–H and O–H groups in total. The molecule has 0 aliphatic heterocycles. The highest BCUT2D eigenvalue weighted by Crippen LogP contribution is 2.29. The van der Waals surface area contributed by atoms with Gasteiger partial charge in [0.2, 0.25) is 0 Å². The highest BCUT2D eigenvalue weighted by atomic mass is 79.9. The molecule has 0 bridgehead atoms. The van der Waals surface area contributed by atoms with Crippen molar-refractivity contribution in [2.45, 2.75) is 16.8 Å². The Kier molecular flexibility index (Phi) is 3.90. The fraction of sp³-hybridized carbons (Fsp3) is 0.0833. The van der Waals surface area contributed by atoms with Gasteiger partial charge in [-0.2, -0.15) is 0 Å². The Morgan fingerprint density at radius 2 is 2.12 bits per heavy atom. The van der Waals surface area contributed by atoms with Gasteiger partial charge in [0, 0.05) is 20.6 Å². The van der Waals surface area contributed by atoms with E-state index >= 15 is 0 Å². The van der Waals surface area contributed by atoms with Gasteiger partial charge in [-0.05, 0) is 52.7 Å². The topological polar surface area (TPSA) is 12.9 Å². The van der Waals surface area contributed by atoms with Crippen LogP contribution in [0.1, 0.15) is 5.56 Å². The lowest BCUT2D eigenvalue weighted by Crippen LogP contribution is -1.83. The summed E-state index contributed by atoms with van der Waals surface area (Å²) >= 11 is 11.0. The van der Waals surface area contributed by atoms with E-state index < -0.39 is 0 Å². The Balaban J connectivity index is 2.24. The van der Waals surface area contributed by atoms with Crippen LogP contribution >= 0.6 is 39.3 Å². The zero-order valence-corrected chi connectivity index (χ0v) is 11.7. The summed E-state index contributed by atoms with van der Waals surface area (Å²) in [6, 6.07) is 9.82. The van der Waals surface area contributed by atoms with Crippen LogP contribution in [0.25, 0.3) is 0 Å². The monoisotopic (exact) mass is 313 g/mol. The van der Waals surface area contributed by atoms with Gasteiger partial charge in [-0.3, -0.25) is 0 Å². The largest absolute Gasteiger partial charge is 0.248 e. The predicted molar refractivity (Wildman–Crippen MR) is 72.2 cm³/mol. The van der Waals surface area contributed by atoms with Crippen LogP contribution < -0.4 is 0 Å². The smallest absolute Gasteiger partial charge is 0.101 e. The number of nitrogens with zero attached hydrogens (tertiary/aromatic N) is 1. The summed E-state index contributed by atoms with van der Waals surface area (Å²) in [4.78, 5) is 5.44. The summed E-state index contributed by atoms with van der Waals surface area (Å²) in [5.74, 6) is 0. The summed E-state index contributed by atoms with van der Waals surface area (Å²) in [6.45, 7) is 2.05. The number of pyridine rings is 1. The minimum absolute atomic E-state index is 0.749. The van der Waals surface area contributed by atoms with Gasteiger partial charge in [0.15, 0.2) is 0 Å². The molecule has 0 aliphatic carbocycles. The average molecular weight is 315 g/mol. The molecule has 0 fully saturated rings. The lowest BCUT2D eigenvalue weighted by molar-refractivity contribution is 1.10. The molecule has 2 aromatic rings. The van der Waals surface area contributed by atoms with E-state index in [1.54, 1.807) is 11.8 Å². The van der Waals surface area contributed by atoms with Crippen LogP contribution in [-0.4, -0.2) is 4.98 Å². The molecule has 16 heavy (non-hydrogen) atoms. The van der Waals surface area contributed by atoms with Crippen LogP contribution in [0.5, 0.6) is 0 Å². The van der Waals surface area contributed by atoms with E-state index in [-0.39, 0.29) is 0 Å². The lowest BCUT2D eigenvalue weighted by atomic mass is 10.3. The van der Waals surface area contributed by atoms with Crippen LogP contribution in [0.15, 0.2) is 50.9 Å². The number of hydrogen-bond acceptors (Lipinski definition) is 2. The van der Waals surface area contributed by atoms with E-state index in [0.717, 1.165) is 19.4 Å². The first kappa shape index (κ1) is 12.0. The predicted octanol–water partition coefficient (Wildman–Crippen LogP) is 4.96. The SMILES string of the molecule is Cc1cc(Sc2cccc(Cl)c2)ncc1Br. The van der Waals surface area contributed by atoms with E-state index in [1.807, 2.05) is 37.4 Å². The fourth-order valence-electron chi connectivity index (χ4n) is 1.22. The molecule has 0 unspecified atom stereocenters. The van der Waals surface area contributed by atoms with Crippen LogP contribution in [0, 0.1) is 6.92 Å². The first-order valence-electron chi connectivity index (χ1n) is 4.71. The van der Waals surface area contributed by atoms with Gasteiger partial charge in [0.1, 0.15) is 5.03 Å². The van der Waals surface area contributed by atoms with Crippen molar-refractivity contribution in [3.05, 3.63) is 51.6 Å². The molecule has 1 aromatic heterocycles. The van der Waals surface area contributed by atoms with Gasteiger partial charge in [-0.1, -0.05) is 29.4 Å². The van der Waals surface area contributed by atoms with Crippen molar-refractivity contribution in [1.29, 1.82) is 0 Å². The highest BCUT2D eigenvalue weighted by molar-refractivity contribution is 9.10. The molecule has 82 valence electrons. The molecule has 2 rings (SSSR count). The van der Waals surface area contributed by atoms with E-state index in [1.165, 1.54) is 5.56 Å². The molecule has 1 aromatic carbocycles. The van der Waals surface area contributed by atoms with Crippen LogP contribution in [0.2, 0.25) is 5.02 Å². The number of rotatable bonds is 2. The molecule has 0 saturated heterocycles. The third kappa shape index (κ3) is 3.00. The van der Waals surface area contributed by atoms with Crippen LogP contribution in [0.3, 0.4) is 0 Å². The zero-order valence-electron chi connectivity index (χ0n) is 8.58. The molecule has 0 aliphatic rings. The van der Waals surface area contributed by atoms with Crippen molar-refractivity contribution in [3.63, 3.8) is 0 Å². The van der Waals surface area contributed by atoms with Crippen molar-refractivity contribution in [1.82, 2.24) is 4.98 Å². The first-order chi connectivity index (χ1) is 7.65. The molecular weight excluding hydrogens is 306 g/mol. The summed E-state index contributed by atoms with van der Waals surface area (Å²) in [7, 11) is 0. The minimum atomic E-state index is 0.749. The summed E-state index contributed by atoms with van der Waals surface area (Å²) in [6.07, 6.45) is 1.82. The van der Waals surface area contributed by atoms with Crippen LogP contribution in [0.4, 0.5) is 0 Å².